The molecule has 0 amide bonds. The molecule has 1 aromatic heterocycles. The summed E-state index contributed by atoms with van der Waals surface area (Å²) in [5.41, 5.74) is 2.45. The molecule has 18 heavy (non-hydrogen) atoms. The fourth-order valence-electron chi connectivity index (χ4n) is 1.56. The van der Waals surface area contributed by atoms with E-state index in [9.17, 15) is 0 Å². The van der Waals surface area contributed by atoms with Crippen LogP contribution in [0.15, 0.2) is 12.3 Å². The highest BCUT2D eigenvalue weighted by molar-refractivity contribution is 5.32. The van der Waals surface area contributed by atoms with Crippen LogP contribution in [0.4, 0.5) is 0 Å². The minimum absolute atomic E-state index is 0.309. The summed E-state index contributed by atoms with van der Waals surface area (Å²) in [6.45, 7) is 13.3. The van der Waals surface area contributed by atoms with Gasteiger partial charge in [0, 0.05) is 30.1 Å². The molecular formula is C15H26N2O. The Hall–Kier alpha value is -1.09. The van der Waals surface area contributed by atoms with E-state index < -0.39 is 0 Å². The molecule has 0 radical (unpaired) electrons. The Kier molecular flexibility index (Phi) is 5.60. The van der Waals surface area contributed by atoms with Crippen molar-refractivity contribution in [3.63, 3.8) is 0 Å². The predicted octanol–water partition coefficient (Wildman–Crippen LogP) is 3.31. The minimum Gasteiger partial charge on any atom is -0.493 e. The van der Waals surface area contributed by atoms with Crippen molar-refractivity contribution in [3.05, 3.63) is 23.5 Å². The molecule has 3 heteroatoms. The molecular weight excluding hydrogens is 224 g/mol. The van der Waals surface area contributed by atoms with E-state index in [1.807, 2.05) is 19.2 Å². The van der Waals surface area contributed by atoms with E-state index in [2.05, 4.69) is 38.0 Å². The second-order valence-corrected chi connectivity index (χ2v) is 5.87. The van der Waals surface area contributed by atoms with Gasteiger partial charge in [0.15, 0.2) is 0 Å². The third kappa shape index (κ3) is 5.50. The standard InChI is InChI=1S/C15H26N2O/c1-6-16-10-13-11-17-12(2)9-14(13)18-8-7-15(3,4)5/h9,11,16H,6-8,10H2,1-5H3. The molecule has 0 fully saturated rings. The van der Waals surface area contributed by atoms with Gasteiger partial charge in [0.25, 0.3) is 0 Å². The Bertz CT molecular complexity index is 369. The summed E-state index contributed by atoms with van der Waals surface area (Å²) in [5.74, 6) is 0.965. The van der Waals surface area contributed by atoms with Gasteiger partial charge in [-0.15, -0.1) is 0 Å². The van der Waals surface area contributed by atoms with Crippen molar-refractivity contribution in [2.75, 3.05) is 13.2 Å². The predicted molar refractivity (Wildman–Crippen MR) is 75.9 cm³/mol. The molecule has 0 bridgehead atoms. The highest BCUT2D eigenvalue weighted by Crippen LogP contribution is 2.22. The largest absolute Gasteiger partial charge is 0.493 e. The zero-order valence-corrected chi connectivity index (χ0v) is 12.3. The van der Waals surface area contributed by atoms with Crippen LogP contribution in [0.1, 0.15) is 45.4 Å². The molecule has 102 valence electrons. The van der Waals surface area contributed by atoms with Crippen LogP contribution in [-0.2, 0) is 6.54 Å². The molecule has 3 nitrogen and oxygen atoms in total. The molecule has 1 N–H and O–H groups in total. The van der Waals surface area contributed by atoms with Gasteiger partial charge in [0.2, 0.25) is 0 Å². The van der Waals surface area contributed by atoms with E-state index in [1.54, 1.807) is 0 Å². The number of hydrogen-bond donors (Lipinski definition) is 1. The van der Waals surface area contributed by atoms with E-state index in [4.69, 9.17) is 4.74 Å². The van der Waals surface area contributed by atoms with E-state index in [0.29, 0.717) is 5.41 Å². The van der Waals surface area contributed by atoms with Gasteiger partial charge in [-0.05, 0) is 25.3 Å². The molecule has 0 saturated heterocycles. The molecule has 0 atom stereocenters. The first-order valence-corrected chi connectivity index (χ1v) is 6.71. The van der Waals surface area contributed by atoms with Crippen molar-refractivity contribution in [1.29, 1.82) is 0 Å². The molecule has 0 spiro atoms. The molecule has 1 heterocycles. The van der Waals surface area contributed by atoms with E-state index >= 15 is 0 Å². The number of nitrogens with one attached hydrogen (secondary N) is 1. The highest BCUT2D eigenvalue weighted by Gasteiger charge is 2.11. The number of pyridine rings is 1. The smallest absolute Gasteiger partial charge is 0.127 e. The van der Waals surface area contributed by atoms with Gasteiger partial charge >= 0.3 is 0 Å². The van der Waals surface area contributed by atoms with Gasteiger partial charge in [-0.3, -0.25) is 4.98 Å². The SMILES string of the molecule is CCNCc1cnc(C)cc1OCCC(C)(C)C. The van der Waals surface area contributed by atoms with Gasteiger partial charge in [-0.25, -0.2) is 0 Å². The van der Waals surface area contributed by atoms with Crippen molar-refractivity contribution >= 4 is 0 Å². The number of ether oxygens (including phenoxy) is 1. The van der Waals surface area contributed by atoms with Gasteiger partial charge in [-0.2, -0.15) is 0 Å². The second kappa shape index (κ2) is 6.74. The van der Waals surface area contributed by atoms with Crippen LogP contribution in [0.3, 0.4) is 0 Å². The van der Waals surface area contributed by atoms with Crippen LogP contribution in [0.2, 0.25) is 0 Å². The monoisotopic (exact) mass is 250 g/mol. The lowest BCUT2D eigenvalue weighted by molar-refractivity contribution is 0.240. The Morgan fingerprint density at radius 2 is 2.06 bits per heavy atom. The van der Waals surface area contributed by atoms with Crippen LogP contribution in [0.25, 0.3) is 0 Å². The normalized spacial score (nSPS) is 11.6. The van der Waals surface area contributed by atoms with Gasteiger partial charge in [0.05, 0.1) is 6.61 Å². The number of nitrogens with zero attached hydrogens (tertiary/aromatic N) is 1. The Balaban J connectivity index is 2.64. The molecule has 1 aromatic rings. The summed E-state index contributed by atoms with van der Waals surface area (Å²) in [5, 5.41) is 3.31. The third-order valence-electron chi connectivity index (χ3n) is 2.76. The maximum Gasteiger partial charge on any atom is 0.127 e. The first-order valence-electron chi connectivity index (χ1n) is 6.71. The van der Waals surface area contributed by atoms with Crippen LogP contribution in [-0.4, -0.2) is 18.1 Å². The Labute approximate surface area is 111 Å². The van der Waals surface area contributed by atoms with Crippen molar-refractivity contribution in [1.82, 2.24) is 10.3 Å². The van der Waals surface area contributed by atoms with E-state index in [1.165, 1.54) is 0 Å². The zero-order chi connectivity index (χ0) is 13.6. The molecule has 0 aliphatic heterocycles. The van der Waals surface area contributed by atoms with E-state index in [0.717, 1.165) is 43.1 Å². The van der Waals surface area contributed by atoms with Gasteiger partial charge in [0.1, 0.15) is 5.75 Å². The molecule has 0 aromatic carbocycles. The molecule has 0 unspecified atom stereocenters. The fraction of sp³-hybridized carbons (Fsp3) is 0.667. The van der Waals surface area contributed by atoms with Crippen LogP contribution >= 0.6 is 0 Å². The van der Waals surface area contributed by atoms with Crippen molar-refractivity contribution in [2.24, 2.45) is 5.41 Å². The maximum absolute atomic E-state index is 5.91. The Morgan fingerprint density at radius 3 is 2.67 bits per heavy atom. The number of aryl methyl sites for hydroxylation is 1. The molecule has 0 saturated carbocycles. The Morgan fingerprint density at radius 1 is 1.33 bits per heavy atom. The fourth-order valence-corrected chi connectivity index (χ4v) is 1.56. The summed E-state index contributed by atoms with van der Waals surface area (Å²) in [4.78, 5) is 4.33. The molecule has 0 aliphatic carbocycles. The first-order chi connectivity index (χ1) is 8.42. The second-order valence-electron chi connectivity index (χ2n) is 5.87. The van der Waals surface area contributed by atoms with Crippen molar-refractivity contribution in [2.45, 2.75) is 47.6 Å². The summed E-state index contributed by atoms with van der Waals surface area (Å²) < 4.78 is 5.91. The van der Waals surface area contributed by atoms with E-state index in [-0.39, 0.29) is 0 Å². The van der Waals surface area contributed by atoms with Crippen LogP contribution in [0.5, 0.6) is 5.75 Å². The van der Waals surface area contributed by atoms with Crippen molar-refractivity contribution in [3.8, 4) is 5.75 Å². The number of aromatic nitrogens is 1. The average Bonchev–Trinajstić information content (AvgIpc) is 2.26. The summed E-state index contributed by atoms with van der Waals surface area (Å²) in [6.07, 6.45) is 2.96. The summed E-state index contributed by atoms with van der Waals surface area (Å²) in [7, 11) is 0. The van der Waals surface area contributed by atoms with Crippen LogP contribution < -0.4 is 10.1 Å². The van der Waals surface area contributed by atoms with Crippen LogP contribution in [0, 0.1) is 12.3 Å². The quantitative estimate of drug-likeness (QED) is 0.841. The lowest BCUT2D eigenvalue weighted by atomic mass is 9.93. The average molecular weight is 250 g/mol. The maximum atomic E-state index is 5.91. The zero-order valence-electron chi connectivity index (χ0n) is 12.3. The lowest BCUT2D eigenvalue weighted by Gasteiger charge is -2.19. The summed E-state index contributed by atoms with van der Waals surface area (Å²) >= 11 is 0. The van der Waals surface area contributed by atoms with Gasteiger partial charge < -0.3 is 10.1 Å². The highest BCUT2D eigenvalue weighted by atomic mass is 16.5. The first kappa shape index (κ1) is 15.0. The molecule has 1 rings (SSSR count). The third-order valence-corrected chi connectivity index (χ3v) is 2.76. The number of rotatable bonds is 6. The minimum atomic E-state index is 0.309. The van der Waals surface area contributed by atoms with Crippen molar-refractivity contribution < 1.29 is 4.74 Å². The van der Waals surface area contributed by atoms with Gasteiger partial charge in [-0.1, -0.05) is 27.7 Å². The topological polar surface area (TPSA) is 34.2 Å². The molecule has 0 aliphatic rings. The summed E-state index contributed by atoms with van der Waals surface area (Å²) in [6, 6.07) is 2.02. The number of hydrogen-bond acceptors (Lipinski definition) is 3. The lowest BCUT2D eigenvalue weighted by Crippen LogP contribution is -2.15.